The Kier molecular flexibility index (Phi) is 7.11. The van der Waals surface area contributed by atoms with Gasteiger partial charge in [0.05, 0.1) is 9.75 Å². The lowest BCUT2D eigenvalue weighted by atomic mass is 10.1. The molecule has 0 atom stereocenters. The van der Waals surface area contributed by atoms with Gasteiger partial charge in [-0.3, -0.25) is 19.2 Å². The van der Waals surface area contributed by atoms with E-state index < -0.39 is 0 Å². The van der Waals surface area contributed by atoms with Crippen LogP contribution < -0.4 is 0 Å². The Bertz CT molecular complexity index is 823. The van der Waals surface area contributed by atoms with Crippen molar-refractivity contribution in [2.45, 2.75) is 25.7 Å². The average Bonchev–Trinajstić information content (AvgIpc) is 3.44. The first-order valence-electron chi connectivity index (χ1n) is 9.23. The average molecular weight is 419 g/mol. The van der Waals surface area contributed by atoms with E-state index in [2.05, 4.69) is 0 Å². The van der Waals surface area contributed by atoms with E-state index in [1.165, 1.54) is 22.7 Å². The lowest BCUT2D eigenvalue weighted by Gasteiger charge is -2.34. The number of hydrogen-bond acceptors (Lipinski definition) is 6. The Balaban J connectivity index is 1.35. The normalized spacial score (nSPS) is 14.1. The van der Waals surface area contributed by atoms with Gasteiger partial charge in [0, 0.05) is 51.9 Å². The van der Waals surface area contributed by atoms with Crippen LogP contribution in [-0.4, -0.2) is 59.4 Å². The molecule has 0 aliphatic carbocycles. The molecule has 6 nitrogen and oxygen atoms in total. The van der Waals surface area contributed by atoms with Crippen molar-refractivity contribution in [2.75, 3.05) is 26.2 Å². The number of nitrogens with zero attached hydrogens (tertiary/aromatic N) is 2. The molecule has 1 aliphatic heterocycles. The Morgan fingerprint density at radius 3 is 1.93 bits per heavy atom. The number of carbonyl (C=O) groups is 4. The summed E-state index contributed by atoms with van der Waals surface area (Å²) < 4.78 is 0. The maximum Gasteiger partial charge on any atom is 0.264 e. The van der Waals surface area contributed by atoms with Gasteiger partial charge in [0.1, 0.15) is 5.78 Å². The van der Waals surface area contributed by atoms with E-state index in [1.54, 1.807) is 21.9 Å². The van der Waals surface area contributed by atoms with Crippen LogP contribution in [-0.2, 0) is 9.59 Å². The molecule has 1 aliphatic rings. The van der Waals surface area contributed by atoms with Crippen LogP contribution in [0.3, 0.4) is 0 Å². The van der Waals surface area contributed by atoms with Gasteiger partial charge < -0.3 is 9.80 Å². The summed E-state index contributed by atoms with van der Waals surface area (Å²) in [6, 6.07) is 7.22. The molecule has 8 heteroatoms. The fourth-order valence-corrected chi connectivity index (χ4v) is 4.44. The molecule has 0 saturated carbocycles. The van der Waals surface area contributed by atoms with Gasteiger partial charge in [0.25, 0.3) is 5.91 Å². The molecule has 3 heterocycles. The summed E-state index contributed by atoms with van der Waals surface area (Å²) in [4.78, 5) is 53.4. The van der Waals surface area contributed by atoms with Gasteiger partial charge in [0.2, 0.25) is 5.91 Å². The van der Waals surface area contributed by atoms with Gasteiger partial charge in [-0.05, 0) is 22.9 Å². The zero-order chi connectivity index (χ0) is 19.9. The number of amides is 2. The summed E-state index contributed by atoms with van der Waals surface area (Å²) in [5.41, 5.74) is 0. The zero-order valence-corrected chi connectivity index (χ0v) is 17.1. The predicted molar refractivity (Wildman–Crippen MR) is 109 cm³/mol. The van der Waals surface area contributed by atoms with Gasteiger partial charge >= 0.3 is 0 Å². The monoisotopic (exact) mass is 418 g/mol. The molecule has 1 saturated heterocycles. The maximum absolute atomic E-state index is 12.3. The van der Waals surface area contributed by atoms with Gasteiger partial charge in [-0.15, -0.1) is 22.7 Å². The number of Topliss-reactive ketones (excluding diaryl/α,β-unsaturated/α-hetero) is 2. The highest BCUT2D eigenvalue weighted by molar-refractivity contribution is 7.12. The lowest BCUT2D eigenvalue weighted by molar-refractivity contribution is -0.134. The number of carbonyl (C=O) groups excluding carboxylic acids is 4. The minimum absolute atomic E-state index is 0.00712. The van der Waals surface area contributed by atoms with Crippen LogP contribution in [0.4, 0.5) is 0 Å². The number of hydrogen-bond donors (Lipinski definition) is 0. The molecule has 2 amide bonds. The highest BCUT2D eigenvalue weighted by atomic mass is 32.1. The molecule has 0 spiro atoms. The van der Waals surface area contributed by atoms with Crippen LogP contribution in [0.5, 0.6) is 0 Å². The van der Waals surface area contributed by atoms with Crippen molar-refractivity contribution in [3.8, 4) is 0 Å². The van der Waals surface area contributed by atoms with Crippen molar-refractivity contribution in [3.63, 3.8) is 0 Å². The van der Waals surface area contributed by atoms with Gasteiger partial charge in [-0.25, -0.2) is 0 Å². The third kappa shape index (κ3) is 5.36. The van der Waals surface area contributed by atoms with Crippen LogP contribution in [0.2, 0.25) is 0 Å². The molecule has 1 fully saturated rings. The Morgan fingerprint density at radius 2 is 1.32 bits per heavy atom. The number of thiophene rings is 2. The third-order valence-corrected chi connectivity index (χ3v) is 6.46. The fourth-order valence-electron chi connectivity index (χ4n) is 3.06. The quantitative estimate of drug-likeness (QED) is 0.618. The predicted octanol–water partition coefficient (Wildman–Crippen LogP) is 3.11. The van der Waals surface area contributed by atoms with E-state index in [1.807, 2.05) is 22.9 Å². The highest BCUT2D eigenvalue weighted by Crippen LogP contribution is 2.15. The fraction of sp³-hybridized carbons (Fsp3) is 0.400. The van der Waals surface area contributed by atoms with Crippen molar-refractivity contribution < 1.29 is 19.2 Å². The Morgan fingerprint density at radius 1 is 0.750 bits per heavy atom. The van der Waals surface area contributed by atoms with Gasteiger partial charge in [-0.2, -0.15) is 0 Å². The summed E-state index contributed by atoms with van der Waals surface area (Å²) in [5, 5.41) is 3.71. The summed E-state index contributed by atoms with van der Waals surface area (Å²) in [6.45, 7) is 1.99. The summed E-state index contributed by atoms with van der Waals surface area (Å²) in [6.07, 6.45) is 0.680. The zero-order valence-electron chi connectivity index (χ0n) is 15.5. The van der Waals surface area contributed by atoms with E-state index >= 15 is 0 Å². The van der Waals surface area contributed by atoms with Crippen LogP contribution in [0.1, 0.15) is 45.0 Å². The molecule has 148 valence electrons. The van der Waals surface area contributed by atoms with E-state index in [0.717, 1.165) is 0 Å². The lowest BCUT2D eigenvalue weighted by Crippen LogP contribution is -2.50. The molecular formula is C20H22N2O4S2. The first-order valence-corrected chi connectivity index (χ1v) is 11.0. The SMILES string of the molecule is O=C(CCC(=O)c1cccs1)CCC(=O)N1CCN(C(=O)c2cccs2)CC1. The molecular weight excluding hydrogens is 396 g/mol. The molecule has 2 aromatic heterocycles. The maximum atomic E-state index is 12.3. The van der Waals surface area contributed by atoms with Crippen molar-refractivity contribution >= 4 is 46.1 Å². The van der Waals surface area contributed by atoms with Gasteiger partial charge in [-0.1, -0.05) is 12.1 Å². The molecule has 2 aromatic rings. The molecule has 0 N–H and O–H groups in total. The molecule has 0 unspecified atom stereocenters. The minimum Gasteiger partial charge on any atom is -0.339 e. The second-order valence-corrected chi connectivity index (χ2v) is 8.48. The van der Waals surface area contributed by atoms with Gasteiger partial charge in [0.15, 0.2) is 5.78 Å². The van der Waals surface area contributed by atoms with Crippen LogP contribution >= 0.6 is 22.7 Å². The van der Waals surface area contributed by atoms with Crippen molar-refractivity contribution in [3.05, 3.63) is 44.8 Å². The summed E-state index contributed by atoms with van der Waals surface area (Å²) in [5.74, 6) is -0.153. The van der Waals surface area contributed by atoms with Crippen LogP contribution in [0, 0.1) is 0 Å². The second-order valence-electron chi connectivity index (χ2n) is 6.59. The topological polar surface area (TPSA) is 74.8 Å². The summed E-state index contributed by atoms with van der Waals surface area (Å²) >= 11 is 2.79. The standard InChI is InChI=1S/C20H22N2O4S2/c23-15(5-7-16(24)17-3-1-13-27-17)6-8-19(25)21-9-11-22(12-10-21)20(26)18-4-2-14-28-18/h1-4,13-14H,5-12H2. The molecule has 0 aromatic carbocycles. The highest BCUT2D eigenvalue weighted by Gasteiger charge is 2.25. The van der Waals surface area contributed by atoms with E-state index in [4.69, 9.17) is 0 Å². The smallest absolute Gasteiger partial charge is 0.264 e. The third-order valence-electron chi connectivity index (χ3n) is 4.70. The number of ketones is 2. The number of piperazine rings is 1. The largest absolute Gasteiger partial charge is 0.339 e. The van der Waals surface area contributed by atoms with E-state index in [-0.39, 0.29) is 49.1 Å². The Labute approximate surface area is 171 Å². The van der Waals surface area contributed by atoms with Crippen molar-refractivity contribution in [1.82, 2.24) is 9.80 Å². The summed E-state index contributed by atoms with van der Waals surface area (Å²) in [7, 11) is 0. The Hall–Kier alpha value is -2.32. The first-order chi connectivity index (χ1) is 13.5. The van der Waals surface area contributed by atoms with Crippen LogP contribution in [0.15, 0.2) is 35.0 Å². The van der Waals surface area contributed by atoms with E-state index in [0.29, 0.717) is 35.9 Å². The first kappa shape index (κ1) is 20.4. The minimum atomic E-state index is -0.0684. The molecule has 28 heavy (non-hydrogen) atoms. The number of rotatable bonds is 8. The second kappa shape index (κ2) is 9.75. The van der Waals surface area contributed by atoms with Crippen molar-refractivity contribution in [1.29, 1.82) is 0 Å². The molecule has 0 radical (unpaired) electrons. The van der Waals surface area contributed by atoms with E-state index in [9.17, 15) is 19.2 Å². The molecule has 0 bridgehead atoms. The van der Waals surface area contributed by atoms with Crippen LogP contribution in [0.25, 0.3) is 0 Å². The van der Waals surface area contributed by atoms with Crippen molar-refractivity contribution in [2.24, 2.45) is 0 Å². The molecule has 3 rings (SSSR count).